The van der Waals surface area contributed by atoms with Crippen LogP contribution in [0, 0.1) is 0 Å². The molecule has 0 unspecified atom stereocenters. The molecule has 1 saturated heterocycles. The summed E-state index contributed by atoms with van der Waals surface area (Å²) < 4.78 is 33.8. The summed E-state index contributed by atoms with van der Waals surface area (Å²) in [6, 6.07) is 7.48. The number of amides is 1. The molecule has 1 fully saturated rings. The molecule has 12 heteroatoms. The minimum Gasteiger partial charge on any atom is -0.456 e. The molecule has 0 saturated carbocycles. The predicted octanol–water partition coefficient (Wildman–Crippen LogP) is 0.373. The van der Waals surface area contributed by atoms with E-state index in [4.69, 9.17) is 4.74 Å². The number of aryl methyl sites for hydroxylation is 1. The first-order valence-corrected chi connectivity index (χ1v) is 12.4. The van der Waals surface area contributed by atoms with Crippen LogP contribution in [-0.4, -0.2) is 53.4 Å². The number of rotatable bonds is 8. The molecule has 0 aliphatic carbocycles. The summed E-state index contributed by atoms with van der Waals surface area (Å²) in [4.78, 5) is 47.9. The second kappa shape index (κ2) is 10.8. The summed E-state index contributed by atoms with van der Waals surface area (Å²) in [6.45, 7) is 0.483. The van der Waals surface area contributed by atoms with E-state index in [0.717, 1.165) is 40.0 Å². The Balaban J connectivity index is 1.48. The molecule has 1 aliphatic rings. The SMILES string of the molecule is Cn1c(NC(=O)COC(=O)CCc2ccc(S(=O)(=O)N3CCCCC3)cc2)cc(=O)n(C)c1=O. The summed E-state index contributed by atoms with van der Waals surface area (Å²) in [7, 11) is -0.796. The Morgan fingerprint density at radius 3 is 2.29 bits per heavy atom. The molecule has 11 nitrogen and oxygen atoms in total. The van der Waals surface area contributed by atoms with E-state index in [1.165, 1.54) is 30.5 Å². The van der Waals surface area contributed by atoms with E-state index in [9.17, 15) is 27.6 Å². The van der Waals surface area contributed by atoms with Gasteiger partial charge in [0.25, 0.3) is 11.5 Å². The van der Waals surface area contributed by atoms with Crippen molar-refractivity contribution in [1.82, 2.24) is 13.4 Å². The minimum atomic E-state index is -3.51. The normalized spacial score (nSPS) is 14.5. The van der Waals surface area contributed by atoms with Crippen LogP contribution in [0.15, 0.2) is 44.8 Å². The maximum absolute atomic E-state index is 12.7. The molecule has 0 bridgehead atoms. The molecule has 2 heterocycles. The van der Waals surface area contributed by atoms with E-state index in [-0.39, 0.29) is 17.1 Å². The number of ether oxygens (including phenoxy) is 1. The maximum atomic E-state index is 12.7. The topological polar surface area (TPSA) is 137 Å². The molecule has 1 amide bonds. The van der Waals surface area contributed by atoms with Gasteiger partial charge in [-0.3, -0.25) is 23.5 Å². The molecule has 1 aromatic heterocycles. The van der Waals surface area contributed by atoms with Crippen molar-refractivity contribution in [2.45, 2.75) is 37.0 Å². The third-order valence-electron chi connectivity index (χ3n) is 5.65. The van der Waals surface area contributed by atoms with Crippen molar-refractivity contribution >= 4 is 27.7 Å². The van der Waals surface area contributed by atoms with Gasteiger partial charge in [0.05, 0.1) is 4.90 Å². The molecule has 0 spiro atoms. The van der Waals surface area contributed by atoms with E-state index in [1.807, 2.05) is 0 Å². The Kier molecular flexibility index (Phi) is 8.05. The number of carbonyl (C=O) groups excluding carboxylic acids is 2. The fourth-order valence-corrected chi connectivity index (χ4v) is 5.10. The van der Waals surface area contributed by atoms with Gasteiger partial charge >= 0.3 is 11.7 Å². The van der Waals surface area contributed by atoms with Crippen LogP contribution in [0.3, 0.4) is 0 Å². The monoisotopic (exact) mass is 492 g/mol. The lowest BCUT2D eigenvalue weighted by Crippen LogP contribution is -2.38. The van der Waals surface area contributed by atoms with Gasteiger partial charge in [-0.1, -0.05) is 18.6 Å². The van der Waals surface area contributed by atoms with Crippen molar-refractivity contribution in [2.75, 3.05) is 25.0 Å². The minimum absolute atomic E-state index is 0.00410. The number of esters is 1. The van der Waals surface area contributed by atoms with Crippen LogP contribution in [0.2, 0.25) is 0 Å². The number of benzene rings is 1. The Bertz CT molecular complexity index is 1270. The third-order valence-corrected chi connectivity index (χ3v) is 7.56. The number of nitrogens with one attached hydrogen (secondary N) is 1. The van der Waals surface area contributed by atoms with Crippen LogP contribution in [-0.2, 0) is 44.9 Å². The molecular weight excluding hydrogens is 464 g/mol. The van der Waals surface area contributed by atoms with Gasteiger partial charge in [0.2, 0.25) is 10.0 Å². The lowest BCUT2D eigenvalue weighted by molar-refractivity contribution is -0.147. The van der Waals surface area contributed by atoms with E-state index in [1.54, 1.807) is 12.1 Å². The number of sulfonamides is 1. The average Bonchev–Trinajstić information content (AvgIpc) is 2.84. The molecule has 1 N–H and O–H groups in total. The zero-order valence-electron chi connectivity index (χ0n) is 19.2. The Hall–Kier alpha value is -3.25. The van der Waals surface area contributed by atoms with E-state index < -0.39 is 39.8 Å². The molecule has 1 aromatic carbocycles. The molecule has 1 aliphatic heterocycles. The second-order valence-corrected chi connectivity index (χ2v) is 10.0. The Morgan fingerprint density at radius 2 is 1.65 bits per heavy atom. The third kappa shape index (κ3) is 6.00. The largest absolute Gasteiger partial charge is 0.456 e. The zero-order chi connectivity index (χ0) is 24.9. The van der Waals surface area contributed by atoms with Crippen molar-refractivity contribution < 1.29 is 22.7 Å². The number of hydrogen-bond acceptors (Lipinski definition) is 7. The zero-order valence-corrected chi connectivity index (χ0v) is 20.0. The van der Waals surface area contributed by atoms with Gasteiger partial charge < -0.3 is 10.1 Å². The summed E-state index contributed by atoms with van der Waals surface area (Å²) in [6.07, 6.45) is 3.07. The summed E-state index contributed by atoms with van der Waals surface area (Å²) in [5, 5.41) is 2.37. The number of piperidine rings is 1. The van der Waals surface area contributed by atoms with Crippen molar-refractivity contribution in [1.29, 1.82) is 0 Å². The van der Waals surface area contributed by atoms with Crippen LogP contribution in [0.1, 0.15) is 31.2 Å². The molecule has 0 atom stereocenters. The van der Waals surface area contributed by atoms with Gasteiger partial charge in [-0.05, 0) is 37.0 Å². The average molecular weight is 493 g/mol. The summed E-state index contributed by atoms with van der Waals surface area (Å²) in [5.74, 6) is -1.31. The van der Waals surface area contributed by atoms with E-state index in [0.29, 0.717) is 19.5 Å². The van der Waals surface area contributed by atoms with Gasteiger partial charge in [0, 0.05) is 39.7 Å². The maximum Gasteiger partial charge on any atom is 0.332 e. The van der Waals surface area contributed by atoms with E-state index >= 15 is 0 Å². The number of hydrogen-bond donors (Lipinski definition) is 1. The number of nitrogens with zero attached hydrogens (tertiary/aromatic N) is 3. The first-order chi connectivity index (χ1) is 16.1. The molecular formula is C22H28N4O7S. The highest BCUT2D eigenvalue weighted by Crippen LogP contribution is 2.21. The van der Waals surface area contributed by atoms with Crippen molar-refractivity contribution in [3.8, 4) is 0 Å². The fourth-order valence-electron chi connectivity index (χ4n) is 3.58. The molecule has 34 heavy (non-hydrogen) atoms. The van der Waals surface area contributed by atoms with Gasteiger partial charge in [-0.25, -0.2) is 13.2 Å². The summed E-state index contributed by atoms with van der Waals surface area (Å²) >= 11 is 0. The van der Waals surface area contributed by atoms with Crippen molar-refractivity contribution in [3.63, 3.8) is 0 Å². The number of aromatic nitrogens is 2. The lowest BCUT2D eigenvalue weighted by atomic mass is 10.1. The number of anilines is 1. The fraction of sp³-hybridized carbons (Fsp3) is 0.455. The van der Waals surface area contributed by atoms with Crippen LogP contribution in [0.5, 0.6) is 0 Å². The van der Waals surface area contributed by atoms with Crippen LogP contribution in [0.4, 0.5) is 5.82 Å². The van der Waals surface area contributed by atoms with Crippen molar-refractivity contribution in [3.05, 3.63) is 56.7 Å². The molecule has 3 rings (SSSR count). The highest BCUT2D eigenvalue weighted by Gasteiger charge is 2.25. The van der Waals surface area contributed by atoms with Crippen molar-refractivity contribution in [2.24, 2.45) is 14.1 Å². The first-order valence-electron chi connectivity index (χ1n) is 10.9. The van der Waals surface area contributed by atoms with Gasteiger partial charge in [-0.2, -0.15) is 4.31 Å². The van der Waals surface area contributed by atoms with Gasteiger partial charge in [0.15, 0.2) is 6.61 Å². The van der Waals surface area contributed by atoms with Gasteiger partial charge in [0.1, 0.15) is 5.82 Å². The van der Waals surface area contributed by atoms with Crippen LogP contribution in [0.25, 0.3) is 0 Å². The Morgan fingerprint density at radius 1 is 1.00 bits per heavy atom. The lowest BCUT2D eigenvalue weighted by Gasteiger charge is -2.25. The highest BCUT2D eigenvalue weighted by molar-refractivity contribution is 7.89. The first kappa shape index (κ1) is 25.4. The predicted molar refractivity (Wildman–Crippen MR) is 124 cm³/mol. The number of carbonyl (C=O) groups is 2. The molecule has 2 aromatic rings. The quantitative estimate of drug-likeness (QED) is 0.526. The van der Waals surface area contributed by atoms with Crippen LogP contribution >= 0.6 is 0 Å². The second-order valence-electron chi connectivity index (χ2n) is 8.09. The Labute approximate surface area is 197 Å². The highest BCUT2D eigenvalue weighted by atomic mass is 32.2. The standard InChI is InChI=1S/C22H28N4O7S/c1-24-18(14-20(28)25(2)22(24)30)23-19(27)15-33-21(29)11-8-16-6-9-17(10-7-16)34(31,32)26-12-4-3-5-13-26/h6-7,9-10,14H,3-5,8,11-13,15H2,1-2H3,(H,23,27). The smallest absolute Gasteiger partial charge is 0.332 e. The molecule has 0 radical (unpaired) electrons. The summed E-state index contributed by atoms with van der Waals surface area (Å²) in [5.41, 5.74) is -0.422. The van der Waals surface area contributed by atoms with E-state index in [2.05, 4.69) is 5.32 Å². The van der Waals surface area contributed by atoms with Crippen LogP contribution < -0.4 is 16.6 Å². The van der Waals surface area contributed by atoms with Gasteiger partial charge in [-0.15, -0.1) is 0 Å². The molecule has 184 valence electrons.